The van der Waals surface area contributed by atoms with Gasteiger partial charge in [0.05, 0.1) is 0 Å². The Bertz CT molecular complexity index is 374. The van der Waals surface area contributed by atoms with E-state index in [0.29, 0.717) is 0 Å². The lowest BCUT2D eigenvalue weighted by Crippen LogP contribution is -1.71. The Balaban J connectivity index is 2.91. The van der Waals surface area contributed by atoms with Crippen LogP contribution < -0.4 is 0 Å². The third kappa shape index (κ3) is 0.944. The van der Waals surface area contributed by atoms with Gasteiger partial charge in [-0.15, -0.1) is 0 Å². The van der Waals surface area contributed by atoms with Crippen LogP contribution in [-0.4, -0.2) is 5.11 Å². The molecule has 1 N–H and O–H groups in total. The van der Waals surface area contributed by atoms with E-state index in [-0.39, 0.29) is 5.75 Å². The number of phenolic OH excluding ortho intramolecular Hbond substituents is 1. The van der Waals surface area contributed by atoms with Gasteiger partial charge in [-0.05, 0) is 23.6 Å². The van der Waals surface area contributed by atoms with Crippen LogP contribution in [0.1, 0.15) is 0 Å². The van der Waals surface area contributed by atoms with E-state index in [1.165, 1.54) is 0 Å². The first-order valence-corrected chi connectivity index (χ1v) is 3.37. The van der Waals surface area contributed by atoms with E-state index in [1.807, 2.05) is 18.2 Å². The van der Waals surface area contributed by atoms with Crippen LogP contribution >= 0.6 is 0 Å². The molecule has 1 heteroatoms. The quantitative estimate of drug-likeness (QED) is 0.597. The highest BCUT2D eigenvalue weighted by Crippen LogP contribution is 2.22. The fraction of sp³-hybridized carbons (Fsp3) is 0. The molecule has 0 saturated carbocycles. The van der Waals surface area contributed by atoms with Gasteiger partial charge in [0.15, 0.2) is 0 Å². The highest BCUT2D eigenvalue weighted by Gasteiger charge is 1.95. The van der Waals surface area contributed by atoms with Gasteiger partial charge in [-0.2, -0.15) is 0 Å². The van der Waals surface area contributed by atoms with Crippen LogP contribution in [0.5, 0.6) is 5.75 Å². The minimum atomic E-state index is 0.194. The predicted molar refractivity (Wildman–Crippen MR) is 43.3 cm³/mol. The van der Waals surface area contributed by atoms with Crippen molar-refractivity contribution < 1.29 is 5.11 Å². The minimum Gasteiger partial charge on any atom is -0.507 e. The third-order valence-corrected chi connectivity index (χ3v) is 1.64. The Labute approximate surface area is 64.9 Å². The largest absolute Gasteiger partial charge is 0.507 e. The lowest BCUT2D eigenvalue weighted by Gasteiger charge is -1.96. The molecule has 0 aliphatic heterocycles. The normalized spacial score (nSPS) is 10.2. The van der Waals surface area contributed by atoms with Crippen molar-refractivity contribution in [3.05, 3.63) is 42.5 Å². The molecule has 1 nitrogen and oxygen atoms in total. The number of phenols is 1. The van der Waals surface area contributed by atoms with E-state index in [4.69, 9.17) is 0 Å². The molecule has 0 atom stereocenters. The molecule has 0 bridgehead atoms. The molecule has 0 saturated heterocycles. The molecule has 2 rings (SSSR count). The summed E-state index contributed by atoms with van der Waals surface area (Å²) in [5, 5.41) is 11.1. The molecule has 0 amide bonds. The molecule has 0 spiro atoms. The topological polar surface area (TPSA) is 20.2 Å². The molecule has 11 heavy (non-hydrogen) atoms. The second-order valence-electron chi connectivity index (χ2n) is 2.34. The van der Waals surface area contributed by atoms with Crippen molar-refractivity contribution >= 4 is 10.8 Å². The number of rotatable bonds is 0. The third-order valence-electron chi connectivity index (χ3n) is 1.64. The van der Waals surface area contributed by atoms with Gasteiger partial charge in [0.2, 0.25) is 0 Å². The summed E-state index contributed by atoms with van der Waals surface area (Å²) < 4.78 is 0. The van der Waals surface area contributed by atoms with Gasteiger partial charge >= 0.3 is 0 Å². The smallest absolute Gasteiger partial charge is 0.131 e. The van der Waals surface area contributed by atoms with Crippen LogP contribution in [0.15, 0.2) is 30.3 Å². The Morgan fingerprint density at radius 2 is 2.00 bits per heavy atom. The SMILES string of the molecule is Oc1[c]ccc2cc[c]cc12. The molecule has 2 aromatic carbocycles. The van der Waals surface area contributed by atoms with Gasteiger partial charge in [0, 0.05) is 11.5 Å². The van der Waals surface area contributed by atoms with Crippen LogP contribution in [0.2, 0.25) is 0 Å². The second kappa shape index (κ2) is 2.27. The first kappa shape index (κ1) is 6.23. The Morgan fingerprint density at radius 1 is 1.18 bits per heavy atom. The molecular weight excluding hydrogens is 136 g/mol. The highest BCUT2D eigenvalue weighted by molar-refractivity contribution is 5.87. The maximum Gasteiger partial charge on any atom is 0.131 e. The molecule has 0 fully saturated rings. The van der Waals surface area contributed by atoms with E-state index in [2.05, 4.69) is 12.1 Å². The number of aromatic hydroxyl groups is 1. The molecule has 2 aromatic rings. The van der Waals surface area contributed by atoms with E-state index in [1.54, 1.807) is 12.1 Å². The van der Waals surface area contributed by atoms with Gasteiger partial charge in [-0.1, -0.05) is 18.2 Å². The van der Waals surface area contributed by atoms with Crippen molar-refractivity contribution in [3.63, 3.8) is 0 Å². The Kier molecular flexibility index (Phi) is 1.29. The molecule has 0 heterocycles. The number of hydrogen-bond acceptors (Lipinski definition) is 1. The van der Waals surface area contributed by atoms with Gasteiger partial charge < -0.3 is 5.11 Å². The standard InChI is InChI=1S/C10H6O/c11-10-7-3-5-8-4-1-2-6-9(8)10/h1,3-6,11H. The average Bonchev–Trinajstić information content (AvgIpc) is 2.06. The van der Waals surface area contributed by atoms with Crippen molar-refractivity contribution in [2.24, 2.45) is 0 Å². The minimum absolute atomic E-state index is 0.194. The first-order chi connectivity index (χ1) is 5.38. The molecule has 0 aromatic heterocycles. The maximum atomic E-state index is 9.30. The number of benzene rings is 2. The number of hydrogen-bond donors (Lipinski definition) is 1. The Hall–Kier alpha value is -1.50. The van der Waals surface area contributed by atoms with Crippen LogP contribution in [-0.2, 0) is 0 Å². The van der Waals surface area contributed by atoms with Gasteiger partial charge in [-0.25, -0.2) is 0 Å². The van der Waals surface area contributed by atoms with Crippen molar-refractivity contribution in [3.8, 4) is 5.75 Å². The zero-order chi connectivity index (χ0) is 7.68. The molecule has 52 valence electrons. The van der Waals surface area contributed by atoms with E-state index >= 15 is 0 Å². The van der Waals surface area contributed by atoms with E-state index in [9.17, 15) is 5.11 Å². The maximum absolute atomic E-state index is 9.30. The van der Waals surface area contributed by atoms with E-state index < -0.39 is 0 Å². The van der Waals surface area contributed by atoms with Crippen LogP contribution in [0.4, 0.5) is 0 Å². The first-order valence-electron chi connectivity index (χ1n) is 3.37. The molecule has 0 aliphatic rings. The van der Waals surface area contributed by atoms with Gasteiger partial charge in [0.1, 0.15) is 5.75 Å². The summed E-state index contributed by atoms with van der Waals surface area (Å²) in [4.78, 5) is 0. The summed E-state index contributed by atoms with van der Waals surface area (Å²) in [6.07, 6.45) is 0. The Morgan fingerprint density at radius 3 is 2.82 bits per heavy atom. The second-order valence-corrected chi connectivity index (χ2v) is 2.34. The summed E-state index contributed by atoms with van der Waals surface area (Å²) in [5.74, 6) is 0.194. The highest BCUT2D eigenvalue weighted by atomic mass is 16.3. The van der Waals surface area contributed by atoms with Crippen molar-refractivity contribution in [1.82, 2.24) is 0 Å². The summed E-state index contributed by atoms with van der Waals surface area (Å²) in [5.41, 5.74) is 0. The fourth-order valence-electron chi connectivity index (χ4n) is 1.08. The van der Waals surface area contributed by atoms with Gasteiger partial charge in [0.25, 0.3) is 0 Å². The summed E-state index contributed by atoms with van der Waals surface area (Å²) >= 11 is 0. The van der Waals surface area contributed by atoms with Gasteiger partial charge in [-0.3, -0.25) is 0 Å². The van der Waals surface area contributed by atoms with Crippen molar-refractivity contribution in [2.75, 3.05) is 0 Å². The van der Waals surface area contributed by atoms with Crippen molar-refractivity contribution in [1.29, 1.82) is 0 Å². The zero-order valence-corrected chi connectivity index (χ0v) is 5.83. The fourth-order valence-corrected chi connectivity index (χ4v) is 1.08. The molecular formula is C10H6O. The lowest BCUT2D eigenvalue weighted by atomic mass is 10.1. The number of fused-ring (bicyclic) bond motifs is 1. The van der Waals surface area contributed by atoms with Crippen molar-refractivity contribution in [2.45, 2.75) is 0 Å². The zero-order valence-electron chi connectivity index (χ0n) is 5.83. The summed E-state index contributed by atoms with van der Waals surface area (Å²) in [6.45, 7) is 0. The molecule has 2 radical (unpaired) electrons. The van der Waals surface area contributed by atoms with E-state index in [0.717, 1.165) is 10.8 Å². The van der Waals surface area contributed by atoms with Crippen LogP contribution in [0.25, 0.3) is 10.8 Å². The average molecular weight is 142 g/mol. The lowest BCUT2D eigenvalue weighted by molar-refractivity contribution is 0.480. The van der Waals surface area contributed by atoms with Crippen LogP contribution in [0.3, 0.4) is 0 Å². The molecule has 0 aliphatic carbocycles. The monoisotopic (exact) mass is 142 g/mol. The summed E-state index contributed by atoms with van der Waals surface area (Å²) in [7, 11) is 0. The van der Waals surface area contributed by atoms with Crippen LogP contribution in [0, 0.1) is 12.1 Å². The predicted octanol–water partition coefficient (Wildman–Crippen LogP) is 2.15. The summed E-state index contributed by atoms with van der Waals surface area (Å²) in [6, 6.07) is 14.7. The molecule has 0 unspecified atom stereocenters.